The van der Waals surface area contributed by atoms with Gasteiger partial charge in [-0.05, 0) is 41.8 Å². The van der Waals surface area contributed by atoms with Gasteiger partial charge in [0.2, 0.25) is 0 Å². The molecule has 2 aromatic carbocycles. The standard InChI is InChI=1S/C21H25NO5/c1-13(2)20(14-5-8-17-19(11-14)27-10-9-26-17)22-21(23)15-6-7-16(24-3)18(12-15)25-4/h5-8,11-13,20H,9-10H2,1-4H3,(H,22,23)/t20-/m1/s1. The minimum Gasteiger partial charge on any atom is -0.493 e. The van der Waals surface area contributed by atoms with Crippen molar-refractivity contribution in [1.29, 1.82) is 0 Å². The lowest BCUT2D eigenvalue weighted by molar-refractivity contribution is 0.0925. The molecule has 0 aromatic heterocycles. The molecule has 0 spiro atoms. The molecule has 0 radical (unpaired) electrons. The Bertz CT molecular complexity index is 818. The predicted molar refractivity (Wildman–Crippen MR) is 102 cm³/mol. The van der Waals surface area contributed by atoms with Gasteiger partial charge in [-0.25, -0.2) is 0 Å². The van der Waals surface area contributed by atoms with Gasteiger partial charge >= 0.3 is 0 Å². The van der Waals surface area contributed by atoms with E-state index >= 15 is 0 Å². The van der Waals surface area contributed by atoms with E-state index in [1.165, 1.54) is 0 Å². The topological polar surface area (TPSA) is 66.0 Å². The zero-order valence-corrected chi connectivity index (χ0v) is 16.1. The van der Waals surface area contributed by atoms with Gasteiger partial charge in [0, 0.05) is 5.56 Å². The largest absolute Gasteiger partial charge is 0.493 e. The molecule has 0 aliphatic carbocycles. The van der Waals surface area contributed by atoms with Crippen molar-refractivity contribution in [2.75, 3.05) is 27.4 Å². The fraction of sp³-hybridized carbons (Fsp3) is 0.381. The highest BCUT2D eigenvalue weighted by Crippen LogP contribution is 2.35. The van der Waals surface area contributed by atoms with E-state index in [9.17, 15) is 4.79 Å². The van der Waals surface area contributed by atoms with Crippen molar-refractivity contribution in [3.63, 3.8) is 0 Å². The van der Waals surface area contributed by atoms with Crippen LogP contribution in [0.25, 0.3) is 0 Å². The van der Waals surface area contributed by atoms with Gasteiger partial charge in [-0.2, -0.15) is 0 Å². The van der Waals surface area contributed by atoms with Crippen molar-refractivity contribution in [3.05, 3.63) is 47.5 Å². The Morgan fingerprint density at radius 1 is 0.963 bits per heavy atom. The molecule has 1 amide bonds. The van der Waals surface area contributed by atoms with Crippen LogP contribution in [0.4, 0.5) is 0 Å². The van der Waals surface area contributed by atoms with E-state index < -0.39 is 0 Å². The van der Waals surface area contributed by atoms with Gasteiger partial charge in [-0.15, -0.1) is 0 Å². The monoisotopic (exact) mass is 371 g/mol. The third kappa shape index (κ3) is 4.10. The second kappa shape index (κ2) is 8.20. The van der Waals surface area contributed by atoms with Crippen molar-refractivity contribution < 1.29 is 23.7 Å². The fourth-order valence-corrected chi connectivity index (χ4v) is 3.09. The second-order valence-corrected chi connectivity index (χ2v) is 6.67. The predicted octanol–water partition coefficient (Wildman–Crippen LogP) is 3.60. The van der Waals surface area contributed by atoms with Crippen LogP contribution in [0, 0.1) is 5.92 Å². The number of methoxy groups -OCH3 is 2. The Balaban J connectivity index is 1.83. The molecule has 0 saturated heterocycles. The van der Waals surface area contributed by atoms with E-state index in [2.05, 4.69) is 19.2 Å². The van der Waals surface area contributed by atoms with Gasteiger partial charge in [-0.3, -0.25) is 4.79 Å². The lowest BCUT2D eigenvalue weighted by Gasteiger charge is -2.25. The number of rotatable bonds is 6. The highest BCUT2D eigenvalue weighted by Gasteiger charge is 2.22. The number of hydrogen-bond acceptors (Lipinski definition) is 5. The number of hydrogen-bond donors (Lipinski definition) is 1. The summed E-state index contributed by atoms with van der Waals surface area (Å²) in [5, 5.41) is 3.11. The van der Waals surface area contributed by atoms with Gasteiger partial charge in [0.25, 0.3) is 5.91 Å². The maximum atomic E-state index is 12.8. The quantitative estimate of drug-likeness (QED) is 0.840. The maximum Gasteiger partial charge on any atom is 0.251 e. The molecule has 27 heavy (non-hydrogen) atoms. The van der Waals surface area contributed by atoms with Gasteiger partial charge < -0.3 is 24.3 Å². The number of ether oxygens (including phenoxy) is 4. The summed E-state index contributed by atoms with van der Waals surface area (Å²) in [6, 6.07) is 10.7. The molecular formula is C21H25NO5. The van der Waals surface area contributed by atoms with Crippen LogP contribution in [0.5, 0.6) is 23.0 Å². The first-order chi connectivity index (χ1) is 13.0. The molecule has 0 unspecified atom stereocenters. The zero-order valence-electron chi connectivity index (χ0n) is 16.1. The first-order valence-electron chi connectivity index (χ1n) is 8.96. The van der Waals surface area contributed by atoms with Crippen molar-refractivity contribution in [3.8, 4) is 23.0 Å². The van der Waals surface area contributed by atoms with Crippen molar-refractivity contribution in [1.82, 2.24) is 5.32 Å². The minimum absolute atomic E-state index is 0.165. The molecule has 1 N–H and O–H groups in total. The van der Waals surface area contributed by atoms with Gasteiger partial charge in [-0.1, -0.05) is 19.9 Å². The summed E-state index contributed by atoms with van der Waals surface area (Å²) in [6.07, 6.45) is 0. The molecule has 1 aliphatic heterocycles. The molecule has 144 valence electrons. The molecule has 0 bridgehead atoms. The highest BCUT2D eigenvalue weighted by atomic mass is 16.6. The van der Waals surface area contributed by atoms with Gasteiger partial charge in [0.05, 0.1) is 20.3 Å². The molecule has 1 atom stereocenters. The van der Waals surface area contributed by atoms with Gasteiger partial charge in [0.1, 0.15) is 13.2 Å². The van der Waals surface area contributed by atoms with Crippen LogP contribution in [0.15, 0.2) is 36.4 Å². The Kier molecular flexibility index (Phi) is 5.74. The van der Waals surface area contributed by atoms with E-state index in [0.29, 0.717) is 36.0 Å². The summed E-state index contributed by atoms with van der Waals surface area (Å²) in [5.74, 6) is 2.57. The third-order valence-corrected chi connectivity index (χ3v) is 4.52. The summed E-state index contributed by atoms with van der Waals surface area (Å²) >= 11 is 0. The first kappa shape index (κ1) is 18.9. The number of carbonyl (C=O) groups is 1. The van der Waals surface area contributed by atoms with Crippen LogP contribution in [-0.4, -0.2) is 33.3 Å². The molecule has 0 saturated carbocycles. The molecule has 1 heterocycles. The average molecular weight is 371 g/mol. The average Bonchev–Trinajstić information content (AvgIpc) is 2.70. The van der Waals surface area contributed by atoms with Crippen LogP contribution in [0.3, 0.4) is 0 Å². The second-order valence-electron chi connectivity index (χ2n) is 6.67. The van der Waals surface area contributed by atoms with Crippen molar-refractivity contribution in [2.24, 2.45) is 5.92 Å². The minimum atomic E-state index is -0.176. The number of benzene rings is 2. The molecule has 0 fully saturated rings. The summed E-state index contributed by atoms with van der Waals surface area (Å²) in [6.45, 7) is 5.21. The maximum absolute atomic E-state index is 12.8. The molecule has 1 aliphatic rings. The van der Waals surface area contributed by atoms with E-state index in [4.69, 9.17) is 18.9 Å². The number of carbonyl (C=O) groups excluding carboxylic acids is 1. The third-order valence-electron chi connectivity index (χ3n) is 4.52. The lowest BCUT2D eigenvalue weighted by atomic mass is 9.95. The summed E-state index contributed by atoms with van der Waals surface area (Å²) in [7, 11) is 3.11. The summed E-state index contributed by atoms with van der Waals surface area (Å²) in [4.78, 5) is 12.8. The van der Waals surface area contributed by atoms with Crippen LogP contribution < -0.4 is 24.3 Å². The molecule has 2 aromatic rings. The van der Waals surface area contributed by atoms with E-state index in [-0.39, 0.29) is 17.9 Å². The Morgan fingerprint density at radius 3 is 2.33 bits per heavy atom. The molecule has 6 nitrogen and oxygen atoms in total. The lowest BCUT2D eigenvalue weighted by Crippen LogP contribution is -2.32. The number of fused-ring (bicyclic) bond motifs is 1. The number of nitrogens with one attached hydrogen (secondary N) is 1. The SMILES string of the molecule is COc1ccc(C(=O)N[C@@H](c2ccc3c(c2)OCCO3)C(C)C)cc1OC. The summed E-state index contributed by atoms with van der Waals surface area (Å²) < 4.78 is 21.8. The van der Waals surface area contributed by atoms with E-state index in [0.717, 1.165) is 11.3 Å². The van der Waals surface area contributed by atoms with Crippen LogP contribution in [0.1, 0.15) is 35.8 Å². The number of amides is 1. The molecule has 3 rings (SSSR count). The normalized spacial score (nSPS) is 13.8. The van der Waals surface area contributed by atoms with Gasteiger partial charge in [0.15, 0.2) is 23.0 Å². The highest BCUT2D eigenvalue weighted by molar-refractivity contribution is 5.95. The van der Waals surface area contributed by atoms with Crippen LogP contribution >= 0.6 is 0 Å². The Morgan fingerprint density at radius 2 is 1.67 bits per heavy atom. The molecular weight excluding hydrogens is 346 g/mol. The Hall–Kier alpha value is -2.89. The van der Waals surface area contributed by atoms with Crippen LogP contribution in [0.2, 0.25) is 0 Å². The zero-order chi connectivity index (χ0) is 19.4. The fourth-order valence-electron chi connectivity index (χ4n) is 3.09. The van der Waals surface area contributed by atoms with Crippen molar-refractivity contribution in [2.45, 2.75) is 19.9 Å². The van der Waals surface area contributed by atoms with E-state index in [1.54, 1.807) is 32.4 Å². The van der Waals surface area contributed by atoms with Crippen molar-refractivity contribution >= 4 is 5.91 Å². The van der Waals surface area contributed by atoms with E-state index in [1.807, 2.05) is 18.2 Å². The molecule has 6 heteroatoms. The smallest absolute Gasteiger partial charge is 0.251 e. The first-order valence-corrected chi connectivity index (χ1v) is 8.96. The van der Waals surface area contributed by atoms with Crippen LogP contribution in [-0.2, 0) is 0 Å². The Labute approximate surface area is 159 Å². The summed E-state index contributed by atoms with van der Waals surface area (Å²) in [5.41, 5.74) is 1.49.